The van der Waals surface area contributed by atoms with Gasteiger partial charge in [-0.3, -0.25) is 0 Å². The predicted octanol–water partition coefficient (Wildman–Crippen LogP) is 1.71. The molecular weight excluding hydrogens is 154 g/mol. The fourth-order valence-electron chi connectivity index (χ4n) is 0.394. The Morgan fingerprint density at radius 1 is 1.80 bits per heavy atom. The van der Waals surface area contributed by atoms with E-state index in [-0.39, 0.29) is 12.1 Å². The molecule has 0 rings (SSSR count). The van der Waals surface area contributed by atoms with Crippen LogP contribution in [0.4, 0.5) is 4.79 Å². The van der Waals surface area contributed by atoms with Crippen LogP contribution in [0.5, 0.6) is 0 Å². The van der Waals surface area contributed by atoms with Crippen LogP contribution in [0.3, 0.4) is 0 Å². The minimum absolute atomic E-state index is 0.0950. The Labute approximate surface area is 65.7 Å². The van der Waals surface area contributed by atoms with Gasteiger partial charge in [0.15, 0.2) is 6.07 Å². The number of ether oxygens (including phenoxy) is 1. The van der Waals surface area contributed by atoms with Gasteiger partial charge >= 0.3 is 6.09 Å². The molecule has 3 nitrogen and oxygen atoms in total. The summed E-state index contributed by atoms with van der Waals surface area (Å²) in [7, 11) is 0. The number of carbonyl (C=O) groups is 1. The Balaban J connectivity index is 3.37. The van der Waals surface area contributed by atoms with E-state index in [1.54, 1.807) is 0 Å². The Morgan fingerprint density at radius 3 is 2.80 bits per heavy atom. The van der Waals surface area contributed by atoms with Gasteiger partial charge in [0, 0.05) is 6.04 Å². The molecule has 0 aromatic carbocycles. The lowest BCUT2D eigenvalue weighted by Crippen LogP contribution is -2.32. The Kier molecular flexibility index (Phi) is 5.12. The van der Waals surface area contributed by atoms with Crippen LogP contribution in [-0.2, 0) is 4.74 Å². The van der Waals surface area contributed by atoms with Crippen LogP contribution >= 0.6 is 11.6 Å². The summed E-state index contributed by atoms with van der Waals surface area (Å²) in [6.07, 6.45) is 0.432. The van der Waals surface area contributed by atoms with Gasteiger partial charge in [-0.2, -0.15) is 0 Å². The molecule has 1 unspecified atom stereocenters. The third-order valence-corrected chi connectivity index (χ3v) is 1.27. The Morgan fingerprint density at radius 2 is 2.40 bits per heavy atom. The van der Waals surface area contributed by atoms with Gasteiger partial charge in [-0.05, 0) is 13.3 Å². The van der Waals surface area contributed by atoms with Gasteiger partial charge in [-0.1, -0.05) is 18.5 Å². The van der Waals surface area contributed by atoms with E-state index < -0.39 is 6.09 Å². The molecular formula is C6H12ClNO2. The number of hydrogen-bond acceptors (Lipinski definition) is 2. The van der Waals surface area contributed by atoms with Crippen LogP contribution in [0.15, 0.2) is 0 Å². The summed E-state index contributed by atoms with van der Waals surface area (Å²) in [6.45, 7) is 3.88. The van der Waals surface area contributed by atoms with Gasteiger partial charge in [-0.15, -0.1) is 0 Å². The monoisotopic (exact) mass is 165 g/mol. The second-order valence-corrected chi connectivity index (χ2v) is 2.21. The SMILES string of the molecule is CCC(C)NC(=O)OCCl. The van der Waals surface area contributed by atoms with Crippen LogP contribution in [0.1, 0.15) is 20.3 Å². The molecule has 10 heavy (non-hydrogen) atoms. The molecule has 0 aliphatic carbocycles. The van der Waals surface area contributed by atoms with Gasteiger partial charge < -0.3 is 10.1 Å². The smallest absolute Gasteiger partial charge is 0.408 e. The molecule has 0 saturated carbocycles. The first kappa shape index (κ1) is 9.56. The van der Waals surface area contributed by atoms with Crippen molar-refractivity contribution in [2.75, 3.05) is 6.07 Å². The van der Waals surface area contributed by atoms with Gasteiger partial charge in [0.1, 0.15) is 0 Å². The minimum atomic E-state index is -0.454. The van der Waals surface area contributed by atoms with Gasteiger partial charge in [-0.25, -0.2) is 4.79 Å². The van der Waals surface area contributed by atoms with Gasteiger partial charge in [0.05, 0.1) is 0 Å². The summed E-state index contributed by atoms with van der Waals surface area (Å²) in [5.74, 6) is 0. The molecule has 0 aliphatic rings. The summed E-state index contributed by atoms with van der Waals surface area (Å²) < 4.78 is 4.43. The van der Waals surface area contributed by atoms with E-state index in [0.29, 0.717) is 0 Å². The number of rotatable bonds is 3. The topological polar surface area (TPSA) is 38.3 Å². The van der Waals surface area contributed by atoms with Crippen LogP contribution in [0.2, 0.25) is 0 Å². The van der Waals surface area contributed by atoms with Crippen LogP contribution in [0.25, 0.3) is 0 Å². The highest BCUT2D eigenvalue weighted by molar-refractivity contribution is 6.17. The molecule has 1 atom stereocenters. The van der Waals surface area contributed by atoms with E-state index in [9.17, 15) is 4.79 Å². The number of halogens is 1. The maximum Gasteiger partial charge on any atom is 0.408 e. The van der Waals surface area contributed by atoms with E-state index in [2.05, 4.69) is 10.1 Å². The number of nitrogens with one attached hydrogen (secondary N) is 1. The molecule has 60 valence electrons. The molecule has 1 amide bonds. The first-order valence-electron chi connectivity index (χ1n) is 3.20. The zero-order valence-corrected chi connectivity index (χ0v) is 6.94. The third kappa shape index (κ3) is 4.44. The van der Waals surface area contributed by atoms with Crippen molar-refractivity contribution in [3.8, 4) is 0 Å². The number of amides is 1. The second-order valence-electron chi connectivity index (χ2n) is 1.99. The van der Waals surface area contributed by atoms with E-state index in [4.69, 9.17) is 11.6 Å². The van der Waals surface area contributed by atoms with E-state index in [0.717, 1.165) is 6.42 Å². The molecule has 1 N–H and O–H groups in total. The fraction of sp³-hybridized carbons (Fsp3) is 0.833. The number of alkyl carbamates (subject to hydrolysis) is 1. The minimum Gasteiger partial charge on any atom is -0.433 e. The zero-order valence-electron chi connectivity index (χ0n) is 6.19. The van der Waals surface area contributed by atoms with Crippen molar-refractivity contribution in [3.63, 3.8) is 0 Å². The third-order valence-electron chi connectivity index (χ3n) is 1.16. The molecule has 0 aromatic heterocycles. The van der Waals surface area contributed by atoms with Gasteiger partial charge in [0.25, 0.3) is 0 Å². The van der Waals surface area contributed by atoms with Crippen molar-refractivity contribution in [3.05, 3.63) is 0 Å². The molecule has 0 heterocycles. The highest BCUT2D eigenvalue weighted by Gasteiger charge is 2.03. The highest BCUT2D eigenvalue weighted by Crippen LogP contribution is 1.89. The highest BCUT2D eigenvalue weighted by atomic mass is 35.5. The van der Waals surface area contributed by atoms with Crippen LogP contribution in [0, 0.1) is 0 Å². The molecule has 0 fully saturated rings. The summed E-state index contributed by atoms with van der Waals surface area (Å²) in [5.41, 5.74) is 0. The Hall–Kier alpha value is -0.440. The second kappa shape index (κ2) is 5.35. The molecule has 0 saturated heterocycles. The quantitative estimate of drug-likeness (QED) is 0.647. The summed E-state index contributed by atoms with van der Waals surface area (Å²) in [4.78, 5) is 10.6. The molecule has 0 radical (unpaired) electrons. The largest absolute Gasteiger partial charge is 0.433 e. The predicted molar refractivity (Wildman–Crippen MR) is 40.1 cm³/mol. The van der Waals surface area contributed by atoms with Gasteiger partial charge in [0.2, 0.25) is 0 Å². The number of carbonyl (C=O) groups excluding carboxylic acids is 1. The van der Waals surface area contributed by atoms with E-state index >= 15 is 0 Å². The van der Waals surface area contributed by atoms with Crippen molar-refractivity contribution in [2.24, 2.45) is 0 Å². The summed E-state index contributed by atoms with van der Waals surface area (Å²) in [6, 6.07) is 0.0538. The average Bonchev–Trinajstić information content (AvgIpc) is 1.88. The van der Waals surface area contributed by atoms with Crippen molar-refractivity contribution >= 4 is 17.7 Å². The first-order valence-corrected chi connectivity index (χ1v) is 3.73. The standard InChI is InChI=1S/C6H12ClNO2/c1-3-5(2)8-6(9)10-4-7/h5H,3-4H2,1-2H3,(H,8,9). The van der Waals surface area contributed by atoms with Crippen LogP contribution in [-0.4, -0.2) is 18.2 Å². The zero-order chi connectivity index (χ0) is 7.98. The lowest BCUT2D eigenvalue weighted by atomic mass is 10.3. The van der Waals surface area contributed by atoms with E-state index in [1.807, 2.05) is 13.8 Å². The lowest BCUT2D eigenvalue weighted by molar-refractivity contribution is 0.160. The molecule has 0 aliphatic heterocycles. The maximum atomic E-state index is 10.6. The first-order chi connectivity index (χ1) is 4.70. The molecule has 0 spiro atoms. The number of hydrogen-bond donors (Lipinski definition) is 1. The Bertz CT molecular complexity index is 108. The van der Waals surface area contributed by atoms with Crippen molar-refractivity contribution in [2.45, 2.75) is 26.3 Å². The van der Waals surface area contributed by atoms with Crippen molar-refractivity contribution < 1.29 is 9.53 Å². The van der Waals surface area contributed by atoms with E-state index in [1.165, 1.54) is 0 Å². The average molecular weight is 166 g/mol. The number of alkyl halides is 1. The lowest BCUT2D eigenvalue weighted by Gasteiger charge is -2.09. The maximum absolute atomic E-state index is 10.6. The van der Waals surface area contributed by atoms with Crippen molar-refractivity contribution in [1.82, 2.24) is 5.32 Å². The summed E-state index contributed by atoms with van der Waals surface area (Å²) in [5, 5.41) is 2.58. The fourth-order valence-corrected chi connectivity index (χ4v) is 0.494. The molecule has 4 heteroatoms. The van der Waals surface area contributed by atoms with Crippen LogP contribution < -0.4 is 5.32 Å². The summed E-state index contributed by atoms with van der Waals surface area (Å²) >= 11 is 5.14. The van der Waals surface area contributed by atoms with Crippen molar-refractivity contribution in [1.29, 1.82) is 0 Å². The molecule has 0 aromatic rings. The molecule has 0 bridgehead atoms. The normalized spacial score (nSPS) is 12.3.